The summed E-state index contributed by atoms with van der Waals surface area (Å²) < 4.78 is 5.29. The van der Waals surface area contributed by atoms with Crippen LogP contribution in [0.3, 0.4) is 0 Å². The van der Waals surface area contributed by atoms with Crippen molar-refractivity contribution in [3.63, 3.8) is 0 Å². The molecule has 1 atom stereocenters. The second kappa shape index (κ2) is 4.25. The summed E-state index contributed by atoms with van der Waals surface area (Å²) in [6, 6.07) is 0. The maximum absolute atomic E-state index is 11.9. The lowest BCUT2D eigenvalue weighted by atomic mass is 9.89. The quantitative estimate of drug-likeness (QED) is 0.787. The number of aromatic nitrogens is 1. The van der Waals surface area contributed by atoms with Gasteiger partial charge in [-0.2, -0.15) is 0 Å². The van der Waals surface area contributed by atoms with Crippen molar-refractivity contribution >= 4 is 5.91 Å². The predicted molar refractivity (Wildman–Crippen MR) is 58.7 cm³/mol. The summed E-state index contributed by atoms with van der Waals surface area (Å²) in [5.41, 5.74) is -0.290. The lowest BCUT2D eigenvalue weighted by Crippen LogP contribution is -2.40. The van der Waals surface area contributed by atoms with Crippen LogP contribution in [0, 0.1) is 12.3 Å². The smallest absolute Gasteiger partial charge is 0.227 e. The third kappa shape index (κ3) is 2.24. The molecule has 2 N–H and O–H groups in total. The lowest BCUT2D eigenvalue weighted by Gasteiger charge is -2.20. The van der Waals surface area contributed by atoms with Gasteiger partial charge in [0.2, 0.25) is 11.8 Å². The number of amides is 1. The van der Waals surface area contributed by atoms with Crippen LogP contribution in [-0.2, 0) is 11.3 Å². The number of aryl methyl sites for hydroxylation is 1. The highest BCUT2D eigenvalue weighted by molar-refractivity contribution is 5.82. The van der Waals surface area contributed by atoms with Gasteiger partial charge in [-0.15, -0.1) is 0 Å². The van der Waals surface area contributed by atoms with Crippen LogP contribution in [0.15, 0.2) is 10.6 Å². The maximum Gasteiger partial charge on any atom is 0.227 e. The molecule has 88 valence electrons. The van der Waals surface area contributed by atoms with Crippen molar-refractivity contribution < 1.29 is 9.21 Å². The summed E-state index contributed by atoms with van der Waals surface area (Å²) in [6.07, 6.45) is 2.53. The summed E-state index contributed by atoms with van der Waals surface area (Å²) >= 11 is 0. The van der Waals surface area contributed by atoms with E-state index in [-0.39, 0.29) is 11.3 Å². The van der Waals surface area contributed by atoms with E-state index in [9.17, 15) is 4.79 Å². The van der Waals surface area contributed by atoms with Gasteiger partial charge in [-0.25, -0.2) is 4.98 Å². The van der Waals surface area contributed by atoms with Gasteiger partial charge in [0.05, 0.1) is 18.2 Å². The number of hydrogen-bond donors (Lipinski definition) is 2. The Bertz CT molecular complexity index is 380. The second-order valence-corrected chi connectivity index (χ2v) is 4.53. The molecule has 1 aliphatic heterocycles. The van der Waals surface area contributed by atoms with Crippen molar-refractivity contribution in [1.29, 1.82) is 0 Å². The zero-order valence-corrected chi connectivity index (χ0v) is 9.67. The monoisotopic (exact) mass is 223 g/mol. The minimum Gasteiger partial charge on any atom is -0.444 e. The van der Waals surface area contributed by atoms with E-state index in [2.05, 4.69) is 15.6 Å². The molecule has 1 saturated heterocycles. The van der Waals surface area contributed by atoms with Gasteiger partial charge < -0.3 is 15.1 Å². The molecule has 0 aromatic carbocycles. The molecule has 0 aliphatic carbocycles. The third-order valence-electron chi connectivity index (χ3n) is 2.99. The second-order valence-electron chi connectivity index (χ2n) is 4.53. The number of oxazole rings is 1. The Morgan fingerprint density at radius 1 is 1.75 bits per heavy atom. The van der Waals surface area contributed by atoms with E-state index in [0.29, 0.717) is 12.4 Å². The molecular formula is C11H17N3O2. The molecule has 1 amide bonds. The normalized spacial score (nSPS) is 24.6. The van der Waals surface area contributed by atoms with Gasteiger partial charge in [-0.05, 0) is 26.8 Å². The van der Waals surface area contributed by atoms with E-state index in [4.69, 9.17) is 4.42 Å². The number of carbonyl (C=O) groups excluding carboxylic acids is 1. The van der Waals surface area contributed by atoms with Crippen LogP contribution in [0.1, 0.15) is 25.0 Å². The molecule has 0 saturated carbocycles. The average Bonchev–Trinajstić information content (AvgIpc) is 2.85. The molecule has 1 unspecified atom stereocenters. The summed E-state index contributed by atoms with van der Waals surface area (Å²) in [7, 11) is 0. The van der Waals surface area contributed by atoms with Crippen molar-refractivity contribution in [2.45, 2.75) is 26.8 Å². The largest absolute Gasteiger partial charge is 0.444 e. The van der Waals surface area contributed by atoms with Crippen LogP contribution >= 0.6 is 0 Å². The molecule has 0 radical (unpaired) electrons. The van der Waals surface area contributed by atoms with Crippen LogP contribution in [0.5, 0.6) is 0 Å². The van der Waals surface area contributed by atoms with E-state index >= 15 is 0 Å². The first-order chi connectivity index (χ1) is 7.60. The number of nitrogens with zero attached hydrogens (tertiary/aromatic N) is 1. The molecule has 0 bridgehead atoms. The standard InChI is InChI=1S/C11H17N3O2/c1-8-5-13-9(16-8)6-14-10(15)11(2)3-4-12-7-11/h5,12H,3-4,6-7H2,1-2H3,(H,14,15). The minimum absolute atomic E-state index is 0.0633. The Kier molecular flexibility index (Phi) is 2.96. The highest BCUT2D eigenvalue weighted by Gasteiger charge is 2.36. The van der Waals surface area contributed by atoms with E-state index in [1.807, 2.05) is 13.8 Å². The molecule has 1 fully saturated rings. The van der Waals surface area contributed by atoms with Gasteiger partial charge in [-0.1, -0.05) is 0 Å². The van der Waals surface area contributed by atoms with Gasteiger partial charge in [0.25, 0.3) is 0 Å². The Morgan fingerprint density at radius 3 is 3.12 bits per heavy atom. The van der Waals surface area contributed by atoms with Crippen molar-refractivity contribution in [3.8, 4) is 0 Å². The molecule has 1 aromatic rings. The number of hydrogen-bond acceptors (Lipinski definition) is 4. The molecule has 5 nitrogen and oxygen atoms in total. The van der Waals surface area contributed by atoms with Crippen LogP contribution in [-0.4, -0.2) is 24.0 Å². The fourth-order valence-corrected chi connectivity index (χ4v) is 1.86. The Labute approximate surface area is 94.6 Å². The van der Waals surface area contributed by atoms with Crippen LogP contribution in [0.2, 0.25) is 0 Å². The molecule has 2 rings (SSSR count). The van der Waals surface area contributed by atoms with Crippen LogP contribution < -0.4 is 10.6 Å². The predicted octanol–water partition coefficient (Wildman–Crippen LogP) is 0.599. The Morgan fingerprint density at radius 2 is 2.56 bits per heavy atom. The van der Waals surface area contributed by atoms with Gasteiger partial charge in [0, 0.05) is 6.54 Å². The van der Waals surface area contributed by atoms with Crippen molar-refractivity contribution in [2.24, 2.45) is 5.41 Å². The summed E-state index contributed by atoms with van der Waals surface area (Å²) in [5, 5.41) is 6.06. The molecule has 1 aromatic heterocycles. The van der Waals surface area contributed by atoms with Gasteiger partial charge in [-0.3, -0.25) is 4.79 Å². The first-order valence-electron chi connectivity index (χ1n) is 5.50. The molecule has 2 heterocycles. The third-order valence-corrected chi connectivity index (χ3v) is 2.99. The molecule has 16 heavy (non-hydrogen) atoms. The number of nitrogens with one attached hydrogen (secondary N) is 2. The fraction of sp³-hybridized carbons (Fsp3) is 0.636. The first kappa shape index (κ1) is 11.1. The highest BCUT2D eigenvalue weighted by atomic mass is 16.4. The van der Waals surface area contributed by atoms with E-state index in [1.54, 1.807) is 6.20 Å². The average molecular weight is 223 g/mol. The minimum atomic E-state index is -0.290. The van der Waals surface area contributed by atoms with Crippen molar-refractivity contribution in [3.05, 3.63) is 17.8 Å². The Balaban J connectivity index is 1.88. The van der Waals surface area contributed by atoms with Gasteiger partial charge in [0.15, 0.2) is 0 Å². The van der Waals surface area contributed by atoms with Crippen molar-refractivity contribution in [1.82, 2.24) is 15.6 Å². The van der Waals surface area contributed by atoms with Gasteiger partial charge in [0.1, 0.15) is 5.76 Å². The topological polar surface area (TPSA) is 67.2 Å². The zero-order valence-electron chi connectivity index (χ0n) is 9.67. The Hall–Kier alpha value is -1.36. The number of rotatable bonds is 3. The summed E-state index contributed by atoms with van der Waals surface area (Å²) in [5.74, 6) is 1.38. The molecule has 1 aliphatic rings. The SMILES string of the molecule is Cc1cnc(CNC(=O)C2(C)CCNC2)o1. The van der Waals surface area contributed by atoms with Crippen molar-refractivity contribution in [2.75, 3.05) is 13.1 Å². The van der Waals surface area contributed by atoms with E-state index < -0.39 is 0 Å². The fourth-order valence-electron chi connectivity index (χ4n) is 1.86. The molecular weight excluding hydrogens is 206 g/mol. The van der Waals surface area contributed by atoms with Gasteiger partial charge >= 0.3 is 0 Å². The van der Waals surface area contributed by atoms with E-state index in [1.165, 1.54) is 0 Å². The summed E-state index contributed by atoms with van der Waals surface area (Å²) in [4.78, 5) is 16.0. The van der Waals surface area contributed by atoms with Crippen LogP contribution in [0.4, 0.5) is 0 Å². The molecule has 0 spiro atoms. The molecule has 5 heteroatoms. The zero-order chi connectivity index (χ0) is 11.6. The van der Waals surface area contributed by atoms with Crippen LogP contribution in [0.25, 0.3) is 0 Å². The summed E-state index contributed by atoms with van der Waals surface area (Å²) in [6.45, 7) is 5.82. The first-order valence-corrected chi connectivity index (χ1v) is 5.50. The lowest BCUT2D eigenvalue weighted by molar-refractivity contribution is -0.129. The maximum atomic E-state index is 11.9. The number of carbonyl (C=O) groups is 1. The highest BCUT2D eigenvalue weighted by Crippen LogP contribution is 2.24. The van der Waals surface area contributed by atoms with E-state index in [0.717, 1.165) is 25.3 Å².